The Kier molecular flexibility index (Phi) is 3.31. The summed E-state index contributed by atoms with van der Waals surface area (Å²) in [4.78, 5) is 20.6. The zero-order valence-corrected chi connectivity index (χ0v) is 11.5. The molecule has 0 spiro atoms. The van der Waals surface area contributed by atoms with Crippen LogP contribution in [0.25, 0.3) is 0 Å². The topological polar surface area (TPSA) is 80.7 Å². The van der Waals surface area contributed by atoms with Crippen molar-refractivity contribution in [1.29, 1.82) is 0 Å². The number of anilines is 1. The van der Waals surface area contributed by atoms with Gasteiger partial charge < -0.3 is 5.32 Å². The van der Waals surface area contributed by atoms with Gasteiger partial charge in [-0.25, -0.2) is 9.97 Å². The van der Waals surface area contributed by atoms with Crippen molar-refractivity contribution in [2.45, 2.75) is 19.3 Å². The number of rotatable bonds is 3. The number of nitrogens with one attached hydrogen (secondary N) is 1. The quantitative estimate of drug-likeness (QED) is 0.934. The van der Waals surface area contributed by atoms with Crippen molar-refractivity contribution in [2.75, 3.05) is 5.32 Å². The first kappa shape index (κ1) is 12.9. The van der Waals surface area contributed by atoms with Gasteiger partial charge in [0.05, 0.1) is 11.2 Å². The molecule has 102 valence electrons. The Labute approximate surface area is 120 Å². The van der Waals surface area contributed by atoms with E-state index in [0.29, 0.717) is 10.8 Å². The summed E-state index contributed by atoms with van der Waals surface area (Å²) in [6.07, 6.45) is 3.88. The molecule has 1 amide bonds. The lowest BCUT2D eigenvalue weighted by Gasteiger charge is -2.03. The zero-order valence-electron chi connectivity index (χ0n) is 10.7. The van der Waals surface area contributed by atoms with E-state index in [1.807, 2.05) is 13.0 Å². The van der Waals surface area contributed by atoms with Crippen LogP contribution in [0.3, 0.4) is 0 Å². The lowest BCUT2D eigenvalue weighted by atomic mass is 10.2. The summed E-state index contributed by atoms with van der Waals surface area (Å²) in [6, 6.07) is 3.40. The van der Waals surface area contributed by atoms with E-state index in [9.17, 15) is 4.79 Å². The summed E-state index contributed by atoms with van der Waals surface area (Å²) in [5, 5.41) is 10.6. The third-order valence-electron chi connectivity index (χ3n) is 3.14. The molecule has 1 N–H and O–H groups in total. The largest absolute Gasteiger partial charge is 0.309 e. The average molecular weight is 290 g/mol. The van der Waals surface area contributed by atoms with Crippen molar-refractivity contribution < 1.29 is 4.79 Å². The van der Waals surface area contributed by atoms with Crippen molar-refractivity contribution in [3.63, 3.8) is 0 Å². The van der Waals surface area contributed by atoms with E-state index in [1.165, 1.54) is 6.20 Å². The van der Waals surface area contributed by atoms with E-state index >= 15 is 0 Å². The molecule has 0 aromatic carbocycles. The van der Waals surface area contributed by atoms with Crippen LogP contribution in [0.1, 0.15) is 23.9 Å². The molecule has 6 nitrogen and oxygen atoms in total. The van der Waals surface area contributed by atoms with Crippen LogP contribution in [-0.2, 0) is 4.79 Å². The first-order valence-electron chi connectivity index (χ1n) is 6.22. The van der Waals surface area contributed by atoms with Crippen LogP contribution in [0.5, 0.6) is 0 Å². The van der Waals surface area contributed by atoms with E-state index in [-0.39, 0.29) is 17.7 Å². The summed E-state index contributed by atoms with van der Waals surface area (Å²) in [6.45, 7) is 1.91. The molecule has 0 saturated heterocycles. The zero-order chi connectivity index (χ0) is 14.1. The molecule has 0 radical (unpaired) electrons. The fourth-order valence-corrected chi connectivity index (χ4v) is 2.19. The Bertz CT molecular complexity index is 663. The molecule has 7 heteroatoms. The van der Waals surface area contributed by atoms with E-state index < -0.39 is 0 Å². The van der Waals surface area contributed by atoms with Gasteiger partial charge in [0.1, 0.15) is 5.82 Å². The van der Waals surface area contributed by atoms with E-state index in [4.69, 9.17) is 11.6 Å². The molecule has 2 aromatic heterocycles. The lowest BCUT2D eigenvalue weighted by Crippen LogP contribution is -2.16. The standard InChI is InChI=1S/C13H12ClN5O/c1-7-2-3-15-12(17-7)9-5-10(9)13(20)18-11-4-8(14)6-16-19-11/h2-4,6,9-10H,5H2,1H3,(H,18,19,20). The molecule has 3 rings (SSSR count). The Morgan fingerprint density at radius 1 is 1.50 bits per heavy atom. The maximum atomic E-state index is 12.1. The molecular weight excluding hydrogens is 278 g/mol. The minimum Gasteiger partial charge on any atom is -0.309 e. The van der Waals surface area contributed by atoms with Gasteiger partial charge in [0, 0.05) is 29.8 Å². The second kappa shape index (κ2) is 5.13. The molecule has 2 atom stereocenters. The molecule has 20 heavy (non-hydrogen) atoms. The molecule has 1 fully saturated rings. The van der Waals surface area contributed by atoms with Gasteiger partial charge in [-0.1, -0.05) is 11.6 Å². The van der Waals surface area contributed by atoms with Crippen LogP contribution < -0.4 is 5.32 Å². The van der Waals surface area contributed by atoms with Gasteiger partial charge in [0.15, 0.2) is 5.82 Å². The monoisotopic (exact) mass is 289 g/mol. The Hall–Kier alpha value is -2.08. The van der Waals surface area contributed by atoms with E-state index in [0.717, 1.165) is 17.9 Å². The first-order chi connectivity index (χ1) is 9.63. The number of aryl methyl sites for hydroxylation is 1. The molecule has 0 bridgehead atoms. The fourth-order valence-electron chi connectivity index (χ4n) is 2.04. The molecule has 2 aromatic rings. The van der Waals surface area contributed by atoms with E-state index in [2.05, 4.69) is 25.5 Å². The minimum absolute atomic E-state index is 0.0852. The summed E-state index contributed by atoms with van der Waals surface area (Å²) in [5.41, 5.74) is 0.904. The van der Waals surface area contributed by atoms with Gasteiger partial charge >= 0.3 is 0 Å². The van der Waals surface area contributed by atoms with Gasteiger partial charge in [0.25, 0.3) is 0 Å². The number of amides is 1. The molecule has 1 aliphatic carbocycles. The Morgan fingerprint density at radius 2 is 2.35 bits per heavy atom. The predicted octanol–water partition coefficient (Wildman–Crippen LogP) is 1.97. The van der Waals surface area contributed by atoms with Crippen LogP contribution >= 0.6 is 11.6 Å². The molecule has 2 heterocycles. The highest BCUT2D eigenvalue weighted by atomic mass is 35.5. The molecule has 0 aliphatic heterocycles. The second-order valence-electron chi connectivity index (χ2n) is 4.75. The van der Waals surface area contributed by atoms with Crippen LogP contribution in [0.4, 0.5) is 5.82 Å². The number of nitrogens with zero attached hydrogens (tertiary/aromatic N) is 4. The maximum absolute atomic E-state index is 12.1. The summed E-state index contributed by atoms with van der Waals surface area (Å²) >= 11 is 5.79. The highest BCUT2D eigenvalue weighted by molar-refractivity contribution is 6.30. The van der Waals surface area contributed by atoms with Crippen LogP contribution in [0, 0.1) is 12.8 Å². The van der Waals surface area contributed by atoms with Crippen LogP contribution in [0.2, 0.25) is 5.02 Å². The van der Waals surface area contributed by atoms with Gasteiger partial charge in [-0.3, -0.25) is 4.79 Å². The van der Waals surface area contributed by atoms with Gasteiger partial charge in [0.2, 0.25) is 5.91 Å². The predicted molar refractivity (Wildman–Crippen MR) is 73.3 cm³/mol. The van der Waals surface area contributed by atoms with Crippen molar-refractivity contribution in [3.05, 3.63) is 41.1 Å². The Balaban J connectivity index is 1.66. The fraction of sp³-hybridized carbons (Fsp3) is 0.308. The van der Waals surface area contributed by atoms with Crippen LogP contribution in [0.15, 0.2) is 24.5 Å². The number of halogens is 1. The number of aromatic nitrogens is 4. The molecule has 2 unspecified atom stereocenters. The van der Waals surface area contributed by atoms with Crippen molar-refractivity contribution in [3.8, 4) is 0 Å². The number of hydrogen-bond donors (Lipinski definition) is 1. The molecular formula is C13H12ClN5O. The van der Waals surface area contributed by atoms with Crippen molar-refractivity contribution in [2.24, 2.45) is 5.92 Å². The average Bonchev–Trinajstić information content (AvgIpc) is 3.19. The minimum atomic E-state index is -0.113. The van der Waals surface area contributed by atoms with Gasteiger partial charge in [-0.05, 0) is 19.4 Å². The smallest absolute Gasteiger partial charge is 0.229 e. The SMILES string of the molecule is Cc1ccnc(C2CC2C(=O)Nc2cc(Cl)cnn2)n1. The maximum Gasteiger partial charge on any atom is 0.229 e. The highest BCUT2D eigenvalue weighted by Crippen LogP contribution is 2.46. The highest BCUT2D eigenvalue weighted by Gasteiger charge is 2.46. The third-order valence-corrected chi connectivity index (χ3v) is 3.35. The first-order valence-corrected chi connectivity index (χ1v) is 6.60. The van der Waals surface area contributed by atoms with Crippen molar-refractivity contribution >= 4 is 23.3 Å². The van der Waals surface area contributed by atoms with E-state index in [1.54, 1.807) is 12.3 Å². The van der Waals surface area contributed by atoms with Gasteiger partial charge in [-0.15, -0.1) is 5.10 Å². The van der Waals surface area contributed by atoms with Crippen LogP contribution in [-0.4, -0.2) is 26.1 Å². The number of carbonyl (C=O) groups is 1. The summed E-state index contributed by atoms with van der Waals surface area (Å²) < 4.78 is 0. The summed E-state index contributed by atoms with van der Waals surface area (Å²) in [5.74, 6) is 0.955. The molecule has 1 saturated carbocycles. The normalized spacial score (nSPS) is 20.5. The summed E-state index contributed by atoms with van der Waals surface area (Å²) in [7, 11) is 0. The molecule has 1 aliphatic rings. The third kappa shape index (κ3) is 2.75. The van der Waals surface area contributed by atoms with Gasteiger partial charge in [-0.2, -0.15) is 5.10 Å². The second-order valence-corrected chi connectivity index (χ2v) is 5.19. The number of hydrogen-bond acceptors (Lipinski definition) is 5. The lowest BCUT2D eigenvalue weighted by molar-refractivity contribution is -0.117. The number of carbonyl (C=O) groups excluding carboxylic acids is 1. The Morgan fingerprint density at radius 3 is 3.10 bits per heavy atom. The van der Waals surface area contributed by atoms with Crippen molar-refractivity contribution in [1.82, 2.24) is 20.2 Å².